The molecule has 4 aromatic carbocycles. The van der Waals surface area contributed by atoms with E-state index in [-0.39, 0.29) is 64.2 Å². The van der Waals surface area contributed by atoms with Crippen LogP contribution in [0, 0.1) is 0 Å². The molecular weight excluding hydrogens is 700 g/mol. The van der Waals surface area contributed by atoms with E-state index in [4.69, 9.17) is 37.9 Å². The number of ether oxygens (including phenoxy) is 8. The van der Waals surface area contributed by atoms with Crippen LogP contribution in [-0.2, 0) is 33.3 Å². The Balaban J connectivity index is 1.16. The lowest BCUT2D eigenvalue weighted by atomic mass is 10.0. The van der Waals surface area contributed by atoms with Gasteiger partial charge in [0.2, 0.25) is 0 Å². The summed E-state index contributed by atoms with van der Waals surface area (Å²) in [7, 11) is 0. The predicted octanol–water partition coefficient (Wildman–Crippen LogP) is 5.82. The van der Waals surface area contributed by atoms with Gasteiger partial charge in [-0.3, -0.25) is 0 Å². The molecule has 0 aliphatic carbocycles. The van der Waals surface area contributed by atoms with Crippen LogP contribution >= 0.6 is 0 Å². The van der Waals surface area contributed by atoms with Gasteiger partial charge in [0.15, 0.2) is 0 Å². The molecule has 0 aliphatic heterocycles. The van der Waals surface area contributed by atoms with Gasteiger partial charge in [-0.1, -0.05) is 37.4 Å². The molecule has 0 saturated carbocycles. The third-order valence-corrected chi connectivity index (χ3v) is 7.14. The Morgan fingerprint density at radius 2 is 0.759 bits per heavy atom. The zero-order valence-electron chi connectivity index (χ0n) is 29.3. The second-order valence-corrected chi connectivity index (χ2v) is 10.9. The molecule has 13 nitrogen and oxygen atoms in total. The molecule has 0 amide bonds. The first-order valence-electron chi connectivity index (χ1n) is 16.6. The van der Waals surface area contributed by atoms with E-state index < -0.39 is 29.8 Å². The van der Waals surface area contributed by atoms with Crippen LogP contribution in [0.5, 0.6) is 17.2 Å². The van der Waals surface area contributed by atoms with Crippen molar-refractivity contribution in [1.29, 1.82) is 0 Å². The quantitative estimate of drug-likeness (QED) is 0.0331. The average molecular weight is 739 g/mol. The summed E-state index contributed by atoms with van der Waals surface area (Å²) in [5, 5.41) is 0. The Labute approximate surface area is 311 Å². The number of carbonyl (C=O) groups is 5. The summed E-state index contributed by atoms with van der Waals surface area (Å²) in [5.41, 5.74) is 2.59. The average Bonchev–Trinajstić information content (AvgIpc) is 3.20. The molecule has 13 heteroatoms. The highest BCUT2D eigenvalue weighted by atomic mass is 16.6. The highest BCUT2D eigenvalue weighted by molar-refractivity contribution is 5.93. The molecule has 4 aromatic rings. The summed E-state index contributed by atoms with van der Waals surface area (Å²) in [6.07, 6.45) is 2.14. The standard InChI is InChI=1S/C41H38O13/c1-3-37(42)50-26-22-47-21-25-49-34-15-11-32(12-16-34)40(45)54-36-19-13-33(14-20-36)41(46)53-35-17-9-30(10-18-35)29-5-7-31(8-6-29)39(44)52-28-24-48-23-27-51-38(43)4-2/h3-20H,1-2,21-28H2. The minimum Gasteiger partial charge on any atom is -0.491 e. The van der Waals surface area contributed by atoms with Crippen molar-refractivity contribution in [3.63, 3.8) is 0 Å². The van der Waals surface area contributed by atoms with Crippen LogP contribution in [0.15, 0.2) is 122 Å². The first-order chi connectivity index (χ1) is 26.2. The van der Waals surface area contributed by atoms with Crippen molar-refractivity contribution in [2.75, 3.05) is 52.9 Å². The minimum atomic E-state index is -0.595. The topological polar surface area (TPSA) is 159 Å². The van der Waals surface area contributed by atoms with Crippen molar-refractivity contribution in [3.8, 4) is 28.4 Å². The molecule has 54 heavy (non-hydrogen) atoms. The van der Waals surface area contributed by atoms with Gasteiger partial charge in [0, 0.05) is 12.2 Å². The van der Waals surface area contributed by atoms with E-state index in [0.29, 0.717) is 22.6 Å². The summed E-state index contributed by atoms with van der Waals surface area (Å²) < 4.78 is 41.9. The van der Waals surface area contributed by atoms with Crippen LogP contribution < -0.4 is 14.2 Å². The number of rotatable bonds is 21. The fourth-order valence-corrected chi connectivity index (χ4v) is 4.41. The molecule has 0 saturated heterocycles. The van der Waals surface area contributed by atoms with Gasteiger partial charge in [0.25, 0.3) is 0 Å². The van der Waals surface area contributed by atoms with Gasteiger partial charge in [-0.25, -0.2) is 24.0 Å². The first-order valence-corrected chi connectivity index (χ1v) is 16.6. The maximum absolute atomic E-state index is 12.8. The van der Waals surface area contributed by atoms with Crippen LogP contribution in [0.25, 0.3) is 11.1 Å². The number of esters is 5. The van der Waals surface area contributed by atoms with Gasteiger partial charge in [-0.15, -0.1) is 0 Å². The minimum absolute atomic E-state index is 0.0423. The van der Waals surface area contributed by atoms with Crippen molar-refractivity contribution in [1.82, 2.24) is 0 Å². The van der Waals surface area contributed by atoms with Gasteiger partial charge in [0.1, 0.15) is 43.7 Å². The Hall–Kier alpha value is -6.57. The molecule has 0 unspecified atom stereocenters. The summed E-state index contributed by atoms with van der Waals surface area (Å²) in [6.45, 7) is 7.95. The third kappa shape index (κ3) is 13.5. The smallest absolute Gasteiger partial charge is 0.343 e. The number of hydrogen-bond donors (Lipinski definition) is 0. The molecule has 0 spiro atoms. The lowest BCUT2D eigenvalue weighted by molar-refractivity contribution is -0.140. The summed E-state index contributed by atoms with van der Waals surface area (Å²) in [4.78, 5) is 59.7. The van der Waals surface area contributed by atoms with E-state index in [1.807, 2.05) is 0 Å². The maximum atomic E-state index is 12.8. The lowest BCUT2D eigenvalue weighted by Crippen LogP contribution is -2.14. The van der Waals surface area contributed by atoms with Gasteiger partial charge in [0.05, 0.1) is 43.1 Å². The normalized spacial score (nSPS) is 10.4. The van der Waals surface area contributed by atoms with E-state index in [1.54, 1.807) is 72.8 Å². The Morgan fingerprint density at radius 3 is 1.22 bits per heavy atom. The van der Waals surface area contributed by atoms with Gasteiger partial charge in [-0.05, 0) is 83.9 Å². The Kier molecular flexibility index (Phi) is 16.2. The molecular formula is C41H38O13. The van der Waals surface area contributed by atoms with Crippen molar-refractivity contribution < 1.29 is 61.9 Å². The third-order valence-electron chi connectivity index (χ3n) is 7.14. The summed E-state index contributed by atoms with van der Waals surface area (Å²) in [5.74, 6) is -1.64. The van der Waals surface area contributed by atoms with Crippen LogP contribution in [0.2, 0.25) is 0 Å². The van der Waals surface area contributed by atoms with Crippen LogP contribution in [0.3, 0.4) is 0 Å². The van der Waals surface area contributed by atoms with Crippen LogP contribution in [0.4, 0.5) is 0 Å². The van der Waals surface area contributed by atoms with Gasteiger partial charge >= 0.3 is 29.8 Å². The molecule has 0 fully saturated rings. The highest BCUT2D eigenvalue weighted by Gasteiger charge is 2.13. The van der Waals surface area contributed by atoms with E-state index >= 15 is 0 Å². The van der Waals surface area contributed by atoms with Crippen molar-refractivity contribution in [3.05, 3.63) is 139 Å². The van der Waals surface area contributed by atoms with E-state index in [2.05, 4.69) is 13.2 Å². The number of hydrogen-bond acceptors (Lipinski definition) is 13. The molecule has 0 atom stereocenters. The van der Waals surface area contributed by atoms with Crippen LogP contribution in [-0.4, -0.2) is 82.7 Å². The SMILES string of the molecule is C=CC(=O)OCCOCCOC(=O)c1ccc(-c2ccc(OC(=O)c3ccc(OC(=O)c4ccc(OCCOCCOC(=O)C=C)cc4)cc3)cc2)cc1. The van der Waals surface area contributed by atoms with E-state index in [0.717, 1.165) is 23.3 Å². The second-order valence-electron chi connectivity index (χ2n) is 10.9. The Morgan fingerprint density at radius 1 is 0.407 bits per heavy atom. The molecule has 4 rings (SSSR count). The number of carbonyl (C=O) groups excluding carboxylic acids is 5. The second kappa shape index (κ2) is 21.7. The first kappa shape index (κ1) is 40.2. The van der Waals surface area contributed by atoms with E-state index in [9.17, 15) is 24.0 Å². The zero-order chi connectivity index (χ0) is 38.5. The molecule has 0 N–H and O–H groups in total. The van der Waals surface area contributed by atoms with Gasteiger partial charge < -0.3 is 37.9 Å². The number of benzene rings is 4. The molecule has 0 radical (unpaired) electrons. The largest absolute Gasteiger partial charge is 0.491 e. The maximum Gasteiger partial charge on any atom is 0.343 e. The van der Waals surface area contributed by atoms with Gasteiger partial charge in [-0.2, -0.15) is 0 Å². The Bertz CT molecular complexity index is 1860. The molecule has 0 heterocycles. The predicted molar refractivity (Wildman–Crippen MR) is 194 cm³/mol. The molecule has 0 bridgehead atoms. The van der Waals surface area contributed by atoms with Crippen molar-refractivity contribution >= 4 is 29.8 Å². The van der Waals surface area contributed by atoms with Crippen molar-refractivity contribution in [2.24, 2.45) is 0 Å². The molecule has 0 aliphatic rings. The van der Waals surface area contributed by atoms with Crippen molar-refractivity contribution in [2.45, 2.75) is 0 Å². The zero-order valence-corrected chi connectivity index (χ0v) is 29.3. The lowest BCUT2D eigenvalue weighted by Gasteiger charge is -2.09. The van der Waals surface area contributed by atoms with Crippen LogP contribution in [0.1, 0.15) is 31.1 Å². The summed E-state index contributed by atoms with van der Waals surface area (Å²) in [6, 6.07) is 26.1. The van der Waals surface area contributed by atoms with E-state index in [1.165, 1.54) is 24.3 Å². The molecule has 0 aromatic heterocycles. The molecule has 280 valence electrons. The fraction of sp³-hybridized carbons (Fsp3) is 0.195. The summed E-state index contributed by atoms with van der Waals surface area (Å²) >= 11 is 0. The monoisotopic (exact) mass is 738 g/mol. The highest BCUT2D eigenvalue weighted by Crippen LogP contribution is 2.24. The fourth-order valence-electron chi connectivity index (χ4n) is 4.41.